The second kappa shape index (κ2) is 9.52. The van der Waals surface area contributed by atoms with Crippen LogP contribution in [0.2, 0.25) is 0 Å². The highest BCUT2D eigenvalue weighted by molar-refractivity contribution is 6.16. The van der Waals surface area contributed by atoms with Crippen LogP contribution in [0.4, 0.5) is 0 Å². The molecule has 0 atom stereocenters. The molecule has 178 valence electrons. The number of rotatable bonds is 7. The predicted octanol–water partition coefficient (Wildman–Crippen LogP) is 4.39. The molecule has 2 aromatic carbocycles. The van der Waals surface area contributed by atoms with Crippen LogP contribution in [-0.4, -0.2) is 60.3 Å². The molecule has 0 spiro atoms. The van der Waals surface area contributed by atoms with Gasteiger partial charge in [0.15, 0.2) is 5.76 Å². The summed E-state index contributed by atoms with van der Waals surface area (Å²) in [5.74, 6) is 0.997. The molecule has 0 radical (unpaired) electrons. The van der Waals surface area contributed by atoms with E-state index in [-0.39, 0.29) is 22.9 Å². The van der Waals surface area contributed by atoms with Crippen molar-refractivity contribution in [1.29, 1.82) is 0 Å². The van der Waals surface area contributed by atoms with Gasteiger partial charge in [-0.25, -0.2) is 0 Å². The Morgan fingerprint density at radius 2 is 1.91 bits per heavy atom. The van der Waals surface area contributed by atoms with Crippen LogP contribution in [-0.2, 0) is 11.3 Å². The third kappa shape index (κ3) is 4.17. The number of unbranched alkanes of at least 4 members (excludes halogenated alkanes) is 1. The first-order chi connectivity index (χ1) is 16.6. The fourth-order valence-corrected chi connectivity index (χ4v) is 4.86. The molecule has 7 heteroatoms. The van der Waals surface area contributed by atoms with Crippen LogP contribution in [0.25, 0.3) is 17.0 Å². The van der Waals surface area contributed by atoms with E-state index in [1.807, 2.05) is 12.1 Å². The third-order valence-corrected chi connectivity index (χ3v) is 6.74. The van der Waals surface area contributed by atoms with Crippen molar-refractivity contribution in [3.63, 3.8) is 0 Å². The van der Waals surface area contributed by atoms with Gasteiger partial charge < -0.3 is 23.9 Å². The van der Waals surface area contributed by atoms with E-state index >= 15 is 0 Å². The van der Waals surface area contributed by atoms with E-state index in [1.54, 1.807) is 25.3 Å². The number of allylic oxidation sites excluding steroid dienone is 1. The Morgan fingerprint density at radius 1 is 1.12 bits per heavy atom. The maximum absolute atomic E-state index is 13.0. The first-order valence-corrected chi connectivity index (χ1v) is 11.8. The fourth-order valence-electron chi connectivity index (χ4n) is 4.86. The number of aromatic hydroxyl groups is 1. The average Bonchev–Trinajstić information content (AvgIpc) is 3.31. The number of aromatic nitrogens is 1. The molecule has 1 N–H and O–H groups in total. The Hall–Kier alpha value is -3.29. The number of hydrogen-bond donors (Lipinski definition) is 1. The first-order valence-electron chi connectivity index (χ1n) is 11.8. The van der Waals surface area contributed by atoms with Crippen LogP contribution in [0.3, 0.4) is 0 Å². The highest BCUT2D eigenvalue weighted by Crippen LogP contribution is 2.39. The van der Waals surface area contributed by atoms with Gasteiger partial charge in [0.1, 0.15) is 22.8 Å². The number of carbonyl (C=O) groups is 1. The quantitative estimate of drug-likeness (QED) is 0.415. The number of morpholine rings is 1. The number of carbonyl (C=O) groups excluding carboxylic acids is 1. The molecule has 0 saturated carbocycles. The summed E-state index contributed by atoms with van der Waals surface area (Å²) in [6.45, 7) is 7.70. The summed E-state index contributed by atoms with van der Waals surface area (Å²) < 4.78 is 19.1. The third-order valence-electron chi connectivity index (χ3n) is 6.74. The Balaban J connectivity index is 1.43. The molecule has 2 aliphatic heterocycles. The lowest BCUT2D eigenvalue weighted by Crippen LogP contribution is -2.36. The van der Waals surface area contributed by atoms with Gasteiger partial charge in [0.25, 0.3) is 0 Å². The van der Waals surface area contributed by atoms with E-state index in [1.165, 1.54) is 6.07 Å². The highest BCUT2D eigenvalue weighted by Gasteiger charge is 2.31. The Kier molecular flexibility index (Phi) is 6.30. The lowest BCUT2D eigenvalue weighted by atomic mass is 10.1. The second-order valence-corrected chi connectivity index (χ2v) is 8.78. The van der Waals surface area contributed by atoms with Crippen LogP contribution in [0.15, 0.2) is 42.2 Å². The minimum atomic E-state index is -0.304. The molecule has 7 nitrogen and oxygen atoms in total. The number of fused-ring (bicyclic) bond motifs is 2. The van der Waals surface area contributed by atoms with Crippen molar-refractivity contribution in [3.8, 4) is 17.2 Å². The number of nitrogens with zero attached hydrogens (tertiary/aromatic N) is 2. The maximum atomic E-state index is 13.0. The Labute approximate surface area is 199 Å². The van der Waals surface area contributed by atoms with Gasteiger partial charge >= 0.3 is 0 Å². The van der Waals surface area contributed by atoms with Gasteiger partial charge in [0.05, 0.1) is 20.3 Å². The van der Waals surface area contributed by atoms with Crippen molar-refractivity contribution < 1.29 is 24.1 Å². The standard InChI is InChI=1S/C27H30N2O5/c1-18-20(17-25-27(31)26-23(30)6-5-7-24(26)34-25)21-16-19(32-2)8-9-22(21)29(18)11-4-3-10-28-12-14-33-15-13-28/h5-9,16-17,30H,3-4,10-15H2,1-2H3. The van der Waals surface area contributed by atoms with Gasteiger partial charge in [0.2, 0.25) is 5.78 Å². The summed E-state index contributed by atoms with van der Waals surface area (Å²) in [4.78, 5) is 15.4. The van der Waals surface area contributed by atoms with E-state index in [2.05, 4.69) is 22.5 Å². The van der Waals surface area contributed by atoms with E-state index < -0.39 is 0 Å². The highest BCUT2D eigenvalue weighted by atomic mass is 16.5. The van der Waals surface area contributed by atoms with E-state index in [4.69, 9.17) is 14.2 Å². The number of Topliss-reactive ketones (excluding diaryl/α,β-unsaturated/α-hetero) is 1. The minimum Gasteiger partial charge on any atom is -0.507 e. The Morgan fingerprint density at radius 3 is 2.68 bits per heavy atom. The van der Waals surface area contributed by atoms with Gasteiger partial charge in [-0.2, -0.15) is 0 Å². The van der Waals surface area contributed by atoms with E-state index in [0.29, 0.717) is 5.75 Å². The number of phenolic OH excluding ortho intramolecular Hbond substituents is 1. The molecule has 1 aromatic heterocycles. The molecule has 0 aliphatic carbocycles. The maximum Gasteiger partial charge on any atom is 0.235 e. The summed E-state index contributed by atoms with van der Waals surface area (Å²) in [7, 11) is 1.65. The lowest BCUT2D eigenvalue weighted by Gasteiger charge is -2.26. The minimum absolute atomic E-state index is 0.0630. The molecule has 0 bridgehead atoms. The largest absolute Gasteiger partial charge is 0.507 e. The van der Waals surface area contributed by atoms with Crippen molar-refractivity contribution in [1.82, 2.24) is 9.47 Å². The van der Waals surface area contributed by atoms with Crippen LogP contribution in [0.5, 0.6) is 17.2 Å². The molecule has 3 heterocycles. The molecule has 0 unspecified atom stereocenters. The van der Waals surface area contributed by atoms with E-state index in [0.717, 1.165) is 80.1 Å². The number of phenols is 1. The second-order valence-electron chi connectivity index (χ2n) is 8.78. The average molecular weight is 463 g/mol. The van der Waals surface area contributed by atoms with Crippen molar-refractivity contribution in [2.24, 2.45) is 0 Å². The van der Waals surface area contributed by atoms with Crippen LogP contribution >= 0.6 is 0 Å². The van der Waals surface area contributed by atoms with E-state index in [9.17, 15) is 9.90 Å². The fraction of sp³-hybridized carbons (Fsp3) is 0.370. The predicted molar refractivity (Wildman–Crippen MR) is 131 cm³/mol. The summed E-state index contributed by atoms with van der Waals surface area (Å²) in [6.07, 6.45) is 3.96. The monoisotopic (exact) mass is 462 g/mol. The molecule has 0 amide bonds. The number of ether oxygens (including phenoxy) is 3. The van der Waals surface area contributed by atoms with Gasteiger partial charge in [-0.1, -0.05) is 6.07 Å². The zero-order valence-corrected chi connectivity index (χ0v) is 19.7. The summed E-state index contributed by atoms with van der Waals surface area (Å²) in [5.41, 5.74) is 3.31. The number of benzene rings is 2. The smallest absolute Gasteiger partial charge is 0.235 e. The van der Waals surface area contributed by atoms with Crippen molar-refractivity contribution in [2.75, 3.05) is 40.0 Å². The van der Waals surface area contributed by atoms with Crippen LogP contribution in [0, 0.1) is 6.92 Å². The number of hydrogen-bond acceptors (Lipinski definition) is 6. The van der Waals surface area contributed by atoms with Gasteiger partial charge in [0, 0.05) is 41.8 Å². The molecule has 34 heavy (non-hydrogen) atoms. The zero-order valence-electron chi connectivity index (χ0n) is 19.7. The first kappa shape index (κ1) is 22.5. The van der Waals surface area contributed by atoms with Gasteiger partial charge in [-0.15, -0.1) is 0 Å². The number of ketones is 1. The van der Waals surface area contributed by atoms with Crippen LogP contribution < -0.4 is 9.47 Å². The summed E-state index contributed by atoms with van der Waals surface area (Å²) in [5, 5.41) is 11.1. The lowest BCUT2D eigenvalue weighted by molar-refractivity contribution is 0.0371. The Bertz CT molecular complexity index is 1250. The molecule has 1 fully saturated rings. The van der Waals surface area contributed by atoms with Crippen molar-refractivity contribution in [3.05, 3.63) is 59.0 Å². The molecular formula is C27H30N2O5. The van der Waals surface area contributed by atoms with Crippen molar-refractivity contribution >= 4 is 22.8 Å². The number of aryl methyl sites for hydroxylation is 1. The molecule has 1 saturated heterocycles. The van der Waals surface area contributed by atoms with Crippen LogP contribution in [0.1, 0.15) is 34.5 Å². The molecular weight excluding hydrogens is 432 g/mol. The normalized spacial score (nSPS) is 17.4. The molecule has 2 aliphatic rings. The van der Waals surface area contributed by atoms with Crippen molar-refractivity contribution in [2.45, 2.75) is 26.3 Å². The topological polar surface area (TPSA) is 73.2 Å². The zero-order chi connectivity index (χ0) is 23.7. The number of methoxy groups -OCH3 is 1. The molecule has 3 aromatic rings. The van der Waals surface area contributed by atoms with Gasteiger partial charge in [-0.3, -0.25) is 9.69 Å². The summed E-state index contributed by atoms with van der Waals surface area (Å²) in [6, 6.07) is 10.9. The SMILES string of the molecule is COc1ccc2c(c1)c(C=C1Oc3cccc(O)c3C1=O)c(C)n2CCCCN1CCOCC1. The summed E-state index contributed by atoms with van der Waals surface area (Å²) >= 11 is 0. The van der Waals surface area contributed by atoms with Gasteiger partial charge in [-0.05, 0) is 62.7 Å². The molecule has 5 rings (SSSR count).